The number of rotatable bonds is 5. The third kappa shape index (κ3) is 3.59. The van der Waals surface area contributed by atoms with Crippen LogP contribution in [-0.2, 0) is 12.8 Å². The van der Waals surface area contributed by atoms with E-state index in [9.17, 15) is 4.79 Å². The van der Waals surface area contributed by atoms with Gasteiger partial charge >= 0.3 is 0 Å². The van der Waals surface area contributed by atoms with Crippen molar-refractivity contribution in [1.82, 2.24) is 25.4 Å². The zero-order valence-corrected chi connectivity index (χ0v) is 14.2. The van der Waals surface area contributed by atoms with E-state index in [1.165, 1.54) is 6.42 Å². The van der Waals surface area contributed by atoms with Crippen LogP contribution in [0.1, 0.15) is 40.9 Å². The smallest absolute Gasteiger partial charge is 0.286 e. The molecule has 2 N–H and O–H groups in total. The third-order valence-corrected chi connectivity index (χ3v) is 5.03. The largest absolute Gasteiger partial charge is 0.455 e. The Hall–Kier alpha value is -1.80. The van der Waals surface area contributed by atoms with Crippen molar-refractivity contribution in [3.05, 3.63) is 29.5 Å². The van der Waals surface area contributed by atoms with Crippen LogP contribution >= 0.6 is 11.8 Å². The molecule has 1 atom stereocenters. The highest BCUT2D eigenvalue weighted by atomic mass is 32.2. The van der Waals surface area contributed by atoms with Crippen molar-refractivity contribution in [3.63, 3.8) is 0 Å². The number of nitrogens with one attached hydrogen (secondary N) is 2. The molecule has 0 aromatic carbocycles. The summed E-state index contributed by atoms with van der Waals surface area (Å²) in [6.07, 6.45) is 2.33. The zero-order valence-electron chi connectivity index (χ0n) is 13.3. The summed E-state index contributed by atoms with van der Waals surface area (Å²) in [5.74, 6) is 2.94. The summed E-state index contributed by atoms with van der Waals surface area (Å²) in [6, 6.07) is 3.50. The van der Waals surface area contributed by atoms with Gasteiger partial charge in [-0.3, -0.25) is 4.79 Å². The standard InChI is InChI=1S/C15H21N5O2S/c1-16-14(21)12-6-5-11(22-12)9-23-15-19-18-13(20(15)2)10-4-3-7-17-8-10/h5-6,10,17H,3-4,7-9H2,1-2H3,(H,16,21)/t10-/m1/s1. The van der Waals surface area contributed by atoms with Crippen molar-refractivity contribution in [2.24, 2.45) is 7.05 Å². The Labute approximate surface area is 139 Å². The topological polar surface area (TPSA) is 85.0 Å². The number of carbonyl (C=O) groups is 1. The zero-order chi connectivity index (χ0) is 16.2. The van der Waals surface area contributed by atoms with Crippen LogP contribution in [0.5, 0.6) is 0 Å². The maximum Gasteiger partial charge on any atom is 0.286 e. The molecular weight excluding hydrogens is 314 g/mol. The molecule has 23 heavy (non-hydrogen) atoms. The van der Waals surface area contributed by atoms with Crippen LogP contribution in [0.2, 0.25) is 0 Å². The number of nitrogens with zero attached hydrogens (tertiary/aromatic N) is 3. The summed E-state index contributed by atoms with van der Waals surface area (Å²) in [6.45, 7) is 2.05. The van der Waals surface area contributed by atoms with Gasteiger partial charge in [-0.15, -0.1) is 10.2 Å². The molecule has 2 aromatic heterocycles. The van der Waals surface area contributed by atoms with Gasteiger partial charge < -0.3 is 19.6 Å². The summed E-state index contributed by atoms with van der Waals surface area (Å²) >= 11 is 1.56. The first-order valence-electron chi connectivity index (χ1n) is 7.72. The van der Waals surface area contributed by atoms with Gasteiger partial charge in [0.25, 0.3) is 5.91 Å². The van der Waals surface area contributed by atoms with Crippen LogP contribution in [0.25, 0.3) is 0 Å². The fourth-order valence-electron chi connectivity index (χ4n) is 2.72. The highest BCUT2D eigenvalue weighted by Crippen LogP contribution is 2.27. The molecule has 1 amide bonds. The Bertz CT molecular complexity index is 675. The van der Waals surface area contributed by atoms with E-state index in [0.29, 0.717) is 17.4 Å². The van der Waals surface area contributed by atoms with E-state index in [-0.39, 0.29) is 5.91 Å². The van der Waals surface area contributed by atoms with E-state index < -0.39 is 0 Å². The molecule has 2 aromatic rings. The molecule has 1 aliphatic heterocycles. The molecule has 3 rings (SSSR count). The van der Waals surface area contributed by atoms with Crippen LogP contribution in [-0.4, -0.2) is 40.8 Å². The Morgan fingerprint density at radius 3 is 3.13 bits per heavy atom. The van der Waals surface area contributed by atoms with Gasteiger partial charge in [0.05, 0.1) is 5.75 Å². The van der Waals surface area contributed by atoms with Gasteiger partial charge in [0.1, 0.15) is 11.6 Å². The van der Waals surface area contributed by atoms with Gasteiger partial charge in [0, 0.05) is 26.6 Å². The summed E-state index contributed by atoms with van der Waals surface area (Å²) < 4.78 is 7.58. The molecule has 7 nitrogen and oxygen atoms in total. The molecule has 0 aliphatic carbocycles. The second kappa shape index (κ2) is 7.18. The lowest BCUT2D eigenvalue weighted by molar-refractivity contribution is 0.0934. The van der Waals surface area contributed by atoms with Crippen molar-refractivity contribution in [2.45, 2.75) is 29.7 Å². The molecule has 8 heteroatoms. The van der Waals surface area contributed by atoms with Gasteiger partial charge in [0.2, 0.25) is 0 Å². The maximum absolute atomic E-state index is 11.5. The average molecular weight is 335 g/mol. The van der Waals surface area contributed by atoms with Crippen molar-refractivity contribution >= 4 is 17.7 Å². The monoisotopic (exact) mass is 335 g/mol. The maximum atomic E-state index is 11.5. The van der Waals surface area contributed by atoms with Crippen molar-refractivity contribution in [3.8, 4) is 0 Å². The molecule has 0 radical (unpaired) electrons. The van der Waals surface area contributed by atoms with Crippen molar-refractivity contribution in [1.29, 1.82) is 0 Å². The Morgan fingerprint density at radius 2 is 2.39 bits per heavy atom. The number of hydrogen-bond acceptors (Lipinski definition) is 6. The number of thioether (sulfide) groups is 1. The Kier molecular flexibility index (Phi) is 5.02. The molecule has 1 saturated heterocycles. The highest BCUT2D eigenvalue weighted by Gasteiger charge is 2.22. The quantitative estimate of drug-likeness (QED) is 0.806. The number of hydrogen-bond donors (Lipinski definition) is 2. The molecule has 1 fully saturated rings. The van der Waals surface area contributed by atoms with Gasteiger partial charge in [-0.05, 0) is 31.5 Å². The fourth-order valence-corrected chi connectivity index (χ4v) is 3.53. The summed E-state index contributed by atoms with van der Waals surface area (Å²) in [5, 5.41) is 15.5. The molecule has 0 spiro atoms. The highest BCUT2D eigenvalue weighted by molar-refractivity contribution is 7.98. The second-order valence-electron chi connectivity index (χ2n) is 5.58. The van der Waals surface area contributed by atoms with Crippen LogP contribution < -0.4 is 10.6 Å². The summed E-state index contributed by atoms with van der Waals surface area (Å²) in [5.41, 5.74) is 0. The van der Waals surface area contributed by atoms with Crippen LogP contribution in [0.3, 0.4) is 0 Å². The molecule has 124 valence electrons. The molecule has 0 saturated carbocycles. The lowest BCUT2D eigenvalue weighted by atomic mass is 9.99. The number of amides is 1. The SMILES string of the molecule is CNC(=O)c1ccc(CSc2nnc([C@@H]3CCCNC3)n2C)o1. The molecule has 0 unspecified atom stereocenters. The molecule has 1 aliphatic rings. The van der Waals surface area contributed by atoms with E-state index in [2.05, 4.69) is 25.4 Å². The number of aromatic nitrogens is 3. The van der Waals surface area contributed by atoms with Crippen LogP contribution in [0.4, 0.5) is 0 Å². The molecular formula is C15H21N5O2S. The average Bonchev–Trinajstić information content (AvgIpc) is 3.20. The van der Waals surface area contributed by atoms with Crippen molar-refractivity contribution < 1.29 is 9.21 Å². The van der Waals surface area contributed by atoms with E-state index in [1.807, 2.05) is 13.1 Å². The van der Waals surface area contributed by atoms with Gasteiger partial charge in [0.15, 0.2) is 10.9 Å². The van der Waals surface area contributed by atoms with Gasteiger partial charge in [-0.2, -0.15) is 0 Å². The minimum absolute atomic E-state index is 0.216. The molecule has 0 bridgehead atoms. The predicted octanol–water partition coefficient (Wildman–Crippen LogP) is 1.53. The number of furan rings is 1. The minimum atomic E-state index is -0.216. The van der Waals surface area contributed by atoms with Gasteiger partial charge in [-0.25, -0.2) is 0 Å². The lowest BCUT2D eigenvalue weighted by Crippen LogP contribution is -2.29. The first-order valence-corrected chi connectivity index (χ1v) is 8.71. The fraction of sp³-hybridized carbons (Fsp3) is 0.533. The predicted molar refractivity (Wildman–Crippen MR) is 87.5 cm³/mol. The normalized spacial score (nSPS) is 18.1. The number of carbonyl (C=O) groups excluding carboxylic acids is 1. The lowest BCUT2D eigenvalue weighted by Gasteiger charge is -2.21. The first-order chi connectivity index (χ1) is 11.2. The third-order valence-electron chi connectivity index (χ3n) is 3.99. The van der Waals surface area contributed by atoms with E-state index >= 15 is 0 Å². The minimum Gasteiger partial charge on any atom is -0.455 e. The summed E-state index contributed by atoms with van der Waals surface area (Å²) in [7, 11) is 3.59. The van der Waals surface area contributed by atoms with E-state index in [0.717, 1.165) is 36.3 Å². The second-order valence-corrected chi connectivity index (χ2v) is 6.52. The first kappa shape index (κ1) is 16.1. The van der Waals surface area contributed by atoms with Gasteiger partial charge in [-0.1, -0.05) is 11.8 Å². The van der Waals surface area contributed by atoms with Crippen molar-refractivity contribution in [2.75, 3.05) is 20.1 Å². The van der Waals surface area contributed by atoms with Crippen LogP contribution in [0.15, 0.2) is 21.7 Å². The van der Waals surface area contributed by atoms with E-state index in [4.69, 9.17) is 4.42 Å². The Morgan fingerprint density at radius 1 is 1.52 bits per heavy atom. The number of piperidine rings is 1. The molecule has 3 heterocycles. The van der Waals surface area contributed by atoms with E-state index in [1.54, 1.807) is 24.9 Å². The summed E-state index contributed by atoms with van der Waals surface area (Å²) in [4.78, 5) is 11.5. The Balaban J connectivity index is 1.63. The van der Waals surface area contributed by atoms with Crippen LogP contribution in [0, 0.1) is 0 Å².